The number of hydrogen-bond donors (Lipinski definition) is 2. The lowest BCUT2D eigenvalue weighted by atomic mass is 9.86. The Hall–Kier alpha value is -1.63. The number of hydrogen-bond acceptors (Lipinski definition) is 2. The van der Waals surface area contributed by atoms with E-state index >= 15 is 0 Å². The Kier molecular flexibility index (Phi) is 6.60. The molecule has 1 saturated carbocycles. The first kappa shape index (κ1) is 18.7. The van der Waals surface area contributed by atoms with Gasteiger partial charge in [-0.25, -0.2) is 0 Å². The molecule has 0 atom stereocenters. The predicted molar refractivity (Wildman–Crippen MR) is 91.6 cm³/mol. The number of rotatable bonds is 4. The number of amides is 1. The fourth-order valence-electron chi connectivity index (χ4n) is 2.94. The summed E-state index contributed by atoms with van der Waals surface area (Å²) in [6.07, 6.45) is 2.85. The van der Waals surface area contributed by atoms with Crippen LogP contribution in [0.3, 0.4) is 0 Å². The smallest absolute Gasteiger partial charge is 0.332 e. The zero-order chi connectivity index (χ0) is 17.6. The minimum atomic E-state index is -4.41. The lowest BCUT2D eigenvalue weighted by Gasteiger charge is -2.21. The lowest BCUT2D eigenvalue weighted by molar-refractivity contribution is -0.137. The number of benzene rings is 1. The fraction of sp³-hybridized carbons (Fsp3) is 0.529. The largest absolute Gasteiger partial charge is 0.416 e. The van der Waals surface area contributed by atoms with Crippen LogP contribution >= 0.6 is 12.2 Å². The molecule has 1 aliphatic rings. The van der Waals surface area contributed by atoms with E-state index in [1.807, 2.05) is 0 Å². The average molecular weight is 358 g/mol. The molecule has 1 aromatic carbocycles. The fourth-order valence-corrected chi connectivity index (χ4v) is 3.17. The van der Waals surface area contributed by atoms with Crippen LogP contribution in [0, 0.1) is 5.92 Å². The van der Waals surface area contributed by atoms with Gasteiger partial charge in [-0.3, -0.25) is 4.79 Å². The van der Waals surface area contributed by atoms with Crippen LogP contribution in [0.2, 0.25) is 0 Å². The second-order valence-electron chi connectivity index (χ2n) is 6.12. The molecule has 7 heteroatoms. The van der Waals surface area contributed by atoms with E-state index in [9.17, 15) is 18.0 Å². The first-order chi connectivity index (χ1) is 11.3. The van der Waals surface area contributed by atoms with Crippen LogP contribution in [0.25, 0.3) is 0 Å². The molecule has 0 aromatic heterocycles. The monoisotopic (exact) mass is 358 g/mol. The summed E-state index contributed by atoms with van der Waals surface area (Å²) >= 11 is 5.00. The van der Waals surface area contributed by atoms with E-state index < -0.39 is 11.7 Å². The maximum atomic E-state index is 12.7. The Morgan fingerprint density at radius 1 is 1.21 bits per heavy atom. The molecule has 0 saturated heterocycles. The molecule has 0 spiro atoms. The van der Waals surface area contributed by atoms with Crippen molar-refractivity contribution < 1.29 is 18.0 Å². The number of carbonyl (C=O) groups is 1. The van der Waals surface area contributed by atoms with Crippen molar-refractivity contribution in [1.29, 1.82) is 0 Å². The van der Waals surface area contributed by atoms with Gasteiger partial charge in [-0.05, 0) is 42.8 Å². The van der Waals surface area contributed by atoms with E-state index in [4.69, 9.17) is 12.2 Å². The lowest BCUT2D eigenvalue weighted by Crippen LogP contribution is -2.34. The number of nitrogens with one attached hydrogen (secondary N) is 2. The third-order valence-corrected chi connectivity index (χ3v) is 4.41. The number of carbonyl (C=O) groups excluding carboxylic acids is 1. The van der Waals surface area contributed by atoms with Crippen molar-refractivity contribution in [2.45, 2.75) is 51.1 Å². The quantitative estimate of drug-likeness (QED) is 0.754. The molecular weight excluding hydrogens is 337 g/mol. The van der Waals surface area contributed by atoms with Crippen LogP contribution < -0.4 is 10.6 Å². The van der Waals surface area contributed by atoms with Crippen molar-refractivity contribution in [1.82, 2.24) is 5.32 Å². The Balaban J connectivity index is 1.79. The Morgan fingerprint density at radius 3 is 2.58 bits per heavy atom. The summed E-state index contributed by atoms with van der Waals surface area (Å²) < 4.78 is 38.0. The minimum Gasteiger partial charge on any atom is -0.332 e. The van der Waals surface area contributed by atoms with Gasteiger partial charge in [-0.2, -0.15) is 13.2 Å². The Labute approximate surface area is 145 Å². The highest BCUT2D eigenvalue weighted by Crippen LogP contribution is 2.30. The van der Waals surface area contributed by atoms with Gasteiger partial charge >= 0.3 is 6.18 Å². The molecule has 132 valence electrons. The predicted octanol–water partition coefficient (Wildman–Crippen LogP) is 4.88. The molecule has 2 N–H and O–H groups in total. The van der Waals surface area contributed by atoms with Crippen molar-refractivity contribution in [3.8, 4) is 0 Å². The highest BCUT2D eigenvalue weighted by Gasteiger charge is 2.30. The summed E-state index contributed by atoms with van der Waals surface area (Å²) in [6.45, 7) is 0. The number of halogens is 3. The van der Waals surface area contributed by atoms with Gasteiger partial charge in [0.25, 0.3) is 0 Å². The van der Waals surface area contributed by atoms with Crippen molar-refractivity contribution in [3.63, 3.8) is 0 Å². The number of thiocarbonyl (C=S) groups is 1. The third-order valence-electron chi connectivity index (χ3n) is 4.21. The normalized spacial score (nSPS) is 15.8. The second kappa shape index (κ2) is 8.46. The Morgan fingerprint density at radius 2 is 1.92 bits per heavy atom. The van der Waals surface area contributed by atoms with Crippen LogP contribution in [0.5, 0.6) is 0 Å². The van der Waals surface area contributed by atoms with Crippen molar-refractivity contribution in [2.75, 3.05) is 5.32 Å². The first-order valence-electron chi connectivity index (χ1n) is 8.12. The molecule has 1 amide bonds. The summed E-state index contributed by atoms with van der Waals surface area (Å²) in [4.78, 5) is 11.9. The maximum absolute atomic E-state index is 12.7. The maximum Gasteiger partial charge on any atom is 0.416 e. The zero-order valence-corrected chi connectivity index (χ0v) is 14.1. The van der Waals surface area contributed by atoms with Gasteiger partial charge in [-0.1, -0.05) is 38.2 Å². The van der Waals surface area contributed by atoms with Gasteiger partial charge in [0.05, 0.1) is 5.56 Å². The van der Waals surface area contributed by atoms with Crippen molar-refractivity contribution in [3.05, 3.63) is 29.8 Å². The summed E-state index contributed by atoms with van der Waals surface area (Å²) in [5.74, 6) is 0.388. The molecule has 1 fully saturated rings. The molecule has 1 aliphatic carbocycles. The molecule has 2 rings (SSSR count). The summed E-state index contributed by atoms with van der Waals surface area (Å²) in [5.41, 5.74) is -0.568. The topological polar surface area (TPSA) is 41.1 Å². The van der Waals surface area contributed by atoms with Crippen LogP contribution in [0.1, 0.15) is 50.5 Å². The van der Waals surface area contributed by atoms with Crippen LogP contribution in [0.15, 0.2) is 24.3 Å². The van der Waals surface area contributed by atoms with Gasteiger partial charge in [0.2, 0.25) is 5.91 Å². The van der Waals surface area contributed by atoms with E-state index in [0.29, 0.717) is 12.3 Å². The second-order valence-corrected chi connectivity index (χ2v) is 6.53. The van der Waals surface area contributed by atoms with Crippen LogP contribution in [0.4, 0.5) is 18.9 Å². The van der Waals surface area contributed by atoms with Gasteiger partial charge in [0, 0.05) is 12.1 Å². The van der Waals surface area contributed by atoms with E-state index in [1.54, 1.807) is 0 Å². The molecule has 0 aliphatic heterocycles. The van der Waals surface area contributed by atoms with Gasteiger partial charge in [0.15, 0.2) is 5.11 Å². The third kappa shape index (κ3) is 6.11. The number of anilines is 1. The molecule has 0 unspecified atom stereocenters. The van der Waals surface area contributed by atoms with Gasteiger partial charge in [0.1, 0.15) is 0 Å². The van der Waals surface area contributed by atoms with E-state index in [1.165, 1.54) is 44.2 Å². The van der Waals surface area contributed by atoms with E-state index in [0.717, 1.165) is 18.6 Å². The van der Waals surface area contributed by atoms with E-state index in [2.05, 4.69) is 10.6 Å². The molecule has 3 nitrogen and oxygen atoms in total. The van der Waals surface area contributed by atoms with Crippen LogP contribution in [-0.4, -0.2) is 11.0 Å². The zero-order valence-electron chi connectivity index (χ0n) is 13.3. The summed E-state index contributed by atoms with van der Waals surface area (Å²) in [5, 5.41) is 5.17. The van der Waals surface area contributed by atoms with Crippen molar-refractivity contribution in [2.24, 2.45) is 5.92 Å². The Bertz CT molecular complexity index is 583. The molecule has 1 aromatic rings. The average Bonchev–Trinajstić information content (AvgIpc) is 2.53. The highest BCUT2D eigenvalue weighted by atomic mass is 32.1. The first-order valence-corrected chi connectivity index (χ1v) is 8.53. The van der Waals surface area contributed by atoms with Crippen molar-refractivity contribution >= 4 is 28.9 Å². The summed E-state index contributed by atoms with van der Waals surface area (Å²) in [6, 6.07) is 4.70. The summed E-state index contributed by atoms with van der Waals surface area (Å²) in [7, 11) is 0. The number of alkyl halides is 3. The van der Waals surface area contributed by atoms with E-state index in [-0.39, 0.29) is 16.7 Å². The molecule has 0 radical (unpaired) electrons. The molecule has 24 heavy (non-hydrogen) atoms. The van der Waals surface area contributed by atoms with Gasteiger partial charge in [-0.15, -0.1) is 0 Å². The van der Waals surface area contributed by atoms with Crippen LogP contribution in [-0.2, 0) is 11.0 Å². The molecular formula is C17H21F3N2OS. The standard InChI is InChI=1S/C17H21F3N2OS/c18-17(19,20)13-7-4-8-14(11-13)21-16(24)22-15(23)10-9-12-5-2-1-3-6-12/h4,7-8,11-12H,1-3,5-6,9-10H2,(H2,21,22,23,24). The molecule has 0 heterocycles. The minimum absolute atomic E-state index is 0.0166. The molecule has 0 bridgehead atoms. The SMILES string of the molecule is O=C(CCC1CCCCC1)NC(=S)Nc1cccc(C(F)(F)F)c1. The van der Waals surface area contributed by atoms with Gasteiger partial charge < -0.3 is 10.6 Å². The highest BCUT2D eigenvalue weighted by molar-refractivity contribution is 7.80.